The number of furan rings is 1. The van der Waals surface area contributed by atoms with Crippen molar-refractivity contribution in [2.75, 3.05) is 14.2 Å². The maximum absolute atomic E-state index is 12.6. The Balaban J connectivity index is 1.52. The number of rotatable bonds is 7. The van der Waals surface area contributed by atoms with E-state index < -0.39 is 9.84 Å². The SMILES string of the molecule is COc1ccc(-c2noc(-c3ccc(CS(=O)(=O)c4ccc(OC)cc4)o3)n2)cc1. The molecule has 0 aliphatic heterocycles. The molecule has 154 valence electrons. The molecule has 0 N–H and O–H groups in total. The first-order chi connectivity index (χ1) is 14.5. The van der Waals surface area contributed by atoms with Crippen molar-refractivity contribution in [3.05, 3.63) is 66.4 Å². The largest absolute Gasteiger partial charge is 0.497 e. The van der Waals surface area contributed by atoms with E-state index in [0.29, 0.717) is 17.3 Å². The summed E-state index contributed by atoms with van der Waals surface area (Å²) in [5, 5.41) is 3.95. The minimum atomic E-state index is -3.58. The molecule has 2 aromatic carbocycles. The van der Waals surface area contributed by atoms with E-state index in [-0.39, 0.29) is 22.3 Å². The molecule has 30 heavy (non-hydrogen) atoms. The van der Waals surface area contributed by atoms with Crippen LogP contribution in [0.3, 0.4) is 0 Å². The maximum atomic E-state index is 12.6. The predicted molar refractivity (Wildman–Crippen MR) is 108 cm³/mol. The van der Waals surface area contributed by atoms with Crippen LogP contribution >= 0.6 is 0 Å². The summed E-state index contributed by atoms with van der Waals surface area (Å²) >= 11 is 0. The second kappa shape index (κ2) is 8.03. The van der Waals surface area contributed by atoms with Crippen LogP contribution in [0, 0.1) is 0 Å². The maximum Gasteiger partial charge on any atom is 0.293 e. The molecule has 0 fully saturated rings. The van der Waals surface area contributed by atoms with Crippen molar-refractivity contribution in [2.45, 2.75) is 10.6 Å². The molecular formula is C21H18N2O6S. The molecule has 4 rings (SSSR count). The van der Waals surface area contributed by atoms with Gasteiger partial charge in [-0.3, -0.25) is 0 Å². The Morgan fingerprint density at radius 1 is 0.867 bits per heavy atom. The lowest BCUT2D eigenvalue weighted by molar-refractivity contribution is 0.412. The van der Waals surface area contributed by atoms with Crippen LogP contribution in [-0.2, 0) is 15.6 Å². The van der Waals surface area contributed by atoms with Gasteiger partial charge in [-0.15, -0.1) is 0 Å². The Labute approximate surface area is 173 Å². The number of hydrogen-bond donors (Lipinski definition) is 0. The van der Waals surface area contributed by atoms with Crippen LogP contribution in [-0.4, -0.2) is 32.8 Å². The Kier molecular flexibility index (Phi) is 5.28. The highest BCUT2D eigenvalue weighted by Crippen LogP contribution is 2.27. The topological polar surface area (TPSA) is 105 Å². The first kappa shape index (κ1) is 19.7. The summed E-state index contributed by atoms with van der Waals surface area (Å²) in [5.41, 5.74) is 0.750. The summed E-state index contributed by atoms with van der Waals surface area (Å²) in [6.07, 6.45) is 0. The highest BCUT2D eigenvalue weighted by molar-refractivity contribution is 7.90. The normalized spacial score (nSPS) is 11.4. The first-order valence-electron chi connectivity index (χ1n) is 8.92. The van der Waals surface area contributed by atoms with Gasteiger partial charge < -0.3 is 18.4 Å². The minimum Gasteiger partial charge on any atom is -0.497 e. The molecule has 9 heteroatoms. The fraction of sp³-hybridized carbons (Fsp3) is 0.143. The van der Waals surface area contributed by atoms with Crippen LogP contribution in [0.5, 0.6) is 11.5 Å². The van der Waals surface area contributed by atoms with E-state index in [2.05, 4.69) is 10.1 Å². The molecule has 8 nitrogen and oxygen atoms in total. The molecule has 0 spiro atoms. The third kappa shape index (κ3) is 4.06. The van der Waals surface area contributed by atoms with Gasteiger partial charge in [-0.05, 0) is 60.7 Å². The van der Waals surface area contributed by atoms with Gasteiger partial charge in [0.1, 0.15) is 23.0 Å². The van der Waals surface area contributed by atoms with Gasteiger partial charge in [-0.2, -0.15) is 4.98 Å². The molecular weight excluding hydrogens is 408 g/mol. The van der Waals surface area contributed by atoms with Crippen molar-refractivity contribution in [1.82, 2.24) is 10.1 Å². The van der Waals surface area contributed by atoms with Crippen molar-refractivity contribution >= 4 is 9.84 Å². The Bertz CT molecular complexity index is 1240. The molecule has 0 aliphatic carbocycles. The van der Waals surface area contributed by atoms with Crippen molar-refractivity contribution in [3.63, 3.8) is 0 Å². The zero-order valence-corrected chi connectivity index (χ0v) is 17.0. The first-order valence-corrected chi connectivity index (χ1v) is 10.6. The molecule has 0 saturated carbocycles. The monoisotopic (exact) mass is 426 g/mol. The van der Waals surface area contributed by atoms with Crippen molar-refractivity contribution < 1.29 is 26.8 Å². The Morgan fingerprint density at radius 2 is 1.50 bits per heavy atom. The molecule has 0 amide bonds. The van der Waals surface area contributed by atoms with E-state index in [9.17, 15) is 8.42 Å². The number of sulfone groups is 1. The van der Waals surface area contributed by atoms with Gasteiger partial charge in [-0.25, -0.2) is 8.42 Å². The fourth-order valence-corrected chi connectivity index (χ4v) is 4.05. The lowest BCUT2D eigenvalue weighted by Gasteiger charge is -2.04. The Morgan fingerprint density at radius 3 is 2.13 bits per heavy atom. The second-order valence-corrected chi connectivity index (χ2v) is 8.34. The van der Waals surface area contributed by atoms with Crippen LogP contribution in [0.25, 0.3) is 23.0 Å². The molecule has 0 bridgehead atoms. The minimum absolute atomic E-state index is 0.161. The Hall–Kier alpha value is -3.59. The van der Waals surface area contributed by atoms with E-state index in [0.717, 1.165) is 11.3 Å². The summed E-state index contributed by atoms with van der Waals surface area (Å²) in [6, 6.07) is 16.6. The highest BCUT2D eigenvalue weighted by Gasteiger charge is 2.20. The average Bonchev–Trinajstić information content (AvgIpc) is 3.43. The van der Waals surface area contributed by atoms with Crippen LogP contribution in [0.1, 0.15) is 5.76 Å². The van der Waals surface area contributed by atoms with Gasteiger partial charge in [0.25, 0.3) is 5.89 Å². The molecule has 2 heterocycles. The summed E-state index contributed by atoms with van der Waals surface area (Å²) in [5.74, 6) is 2.12. The van der Waals surface area contributed by atoms with E-state index in [4.69, 9.17) is 18.4 Å². The summed E-state index contributed by atoms with van der Waals surface area (Å²) in [7, 11) is -0.472. The summed E-state index contributed by atoms with van der Waals surface area (Å²) < 4.78 is 46.3. The molecule has 0 unspecified atom stereocenters. The molecule has 4 aromatic rings. The van der Waals surface area contributed by atoms with E-state index in [1.807, 2.05) is 12.1 Å². The quantitative estimate of drug-likeness (QED) is 0.437. The van der Waals surface area contributed by atoms with Crippen LogP contribution in [0.4, 0.5) is 0 Å². The van der Waals surface area contributed by atoms with E-state index >= 15 is 0 Å². The number of ether oxygens (including phenoxy) is 2. The summed E-state index contributed by atoms with van der Waals surface area (Å²) in [6.45, 7) is 0. The third-order valence-electron chi connectivity index (χ3n) is 4.40. The number of hydrogen-bond acceptors (Lipinski definition) is 8. The standard InChI is InChI=1S/C21H18N2O6S/c1-26-15-5-3-14(4-6-15)20-22-21(29-23-20)19-12-9-17(28-19)13-30(24,25)18-10-7-16(27-2)8-11-18/h3-12H,13H2,1-2H3. The second-order valence-electron chi connectivity index (χ2n) is 6.35. The lowest BCUT2D eigenvalue weighted by Crippen LogP contribution is -2.04. The number of benzene rings is 2. The zero-order chi connectivity index (χ0) is 21.1. The van der Waals surface area contributed by atoms with Gasteiger partial charge in [0.2, 0.25) is 5.82 Å². The fourth-order valence-electron chi connectivity index (χ4n) is 2.81. The van der Waals surface area contributed by atoms with Gasteiger partial charge in [0, 0.05) is 5.56 Å². The molecule has 0 saturated heterocycles. The van der Waals surface area contributed by atoms with Gasteiger partial charge in [-0.1, -0.05) is 5.16 Å². The van der Waals surface area contributed by atoms with Crippen molar-refractivity contribution in [3.8, 4) is 34.5 Å². The van der Waals surface area contributed by atoms with Gasteiger partial charge in [0.05, 0.1) is 19.1 Å². The average molecular weight is 426 g/mol. The smallest absolute Gasteiger partial charge is 0.293 e. The van der Waals surface area contributed by atoms with Gasteiger partial charge in [0.15, 0.2) is 15.6 Å². The van der Waals surface area contributed by atoms with Crippen molar-refractivity contribution in [2.24, 2.45) is 0 Å². The molecule has 0 atom stereocenters. The van der Waals surface area contributed by atoms with E-state index in [1.165, 1.54) is 19.2 Å². The summed E-state index contributed by atoms with van der Waals surface area (Å²) in [4.78, 5) is 4.50. The van der Waals surface area contributed by atoms with Crippen molar-refractivity contribution in [1.29, 1.82) is 0 Å². The van der Waals surface area contributed by atoms with Crippen LogP contribution < -0.4 is 9.47 Å². The molecule has 0 radical (unpaired) electrons. The lowest BCUT2D eigenvalue weighted by atomic mass is 10.2. The van der Waals surface area contributed by atoms with Crippen LogP contribution in [0.2, 0.25) is 0 Å². The zero-order valence-electron chi connectivity index (χ0n) is 16.2. The van der Waals surface area contributed by atoms with E-state index in [1.54, 1.807) is 43.5 Å². The van der Waals surface area contributed by atoms with Gasteiger partial charge >= 0.3 is 0 Å². The van der Waals surface area contributed by atoms with Crippen LogP contribution in [0.15, 0.2) is 74.5 Å². The third-order valence-corrected chi connectivity index (χ3v) is 6.05. The predicted octanol–water partition coefficient (Wildman–Crippen LogP) is 3.99. The number of nitrogens with zero attached hydrogens (tertiary/aromatic N) is 2. The number of methoxy groups -OCH3 is 2. The highest BCUT2D eigenvalue weighted by atomic mass is 32.2. The molecule has 0 aliphatic rings. The molecule has 2 aromatic heterocycles. The number of aromatic nitrogens is 2.